The Hall–Kier alpha value is -2.89. The maximum Gasteiger partial charge on any atom is 0.319 e. The summed E-state index contributed by atoms with van der Waals surface area (Å²) in [5.74, 6) is 1.76. The van der Waals surface area contributed by atoms with Gasteiger partial charge in [0.15, 0.2) is 11.5 Å². The molecule has 0 aliphatic rings. The summed E-state index contributed by atoms with van der Waals surface area (Å²) in [7, 11) is 4.75. The molecule has 0 radical (unpaired) electrons. The van der Waals surface area contributed by atoms with E-state index in [2.05, 4.69) is 24.5 Å². The summed E-state index contributed by atoms with van der Waals surface area (Å²) in [6.45, 7) is 4.66. The molecule has 28 heavy (non-hydrogen) atoms. The second kappa shape index (κ2) is 10.4. The van der Waals surface area contributed by atoms with Crippen LogP contribution in [0.1, 0.15) is 30.5 Å². The maximum absolute atomic E-state index is 12.4. The molecule has 0 aromatic heterocycles. The molecule has 2 amide bonds. The number of carbonyl (C=O) groups excluding carboxylic acids is 1. The van der Waals surface area contributed by atoms with Gasteiger partial charge in [0, 0.05) is 12.2 Å². The summed E-state index contributed by atoms with van der Waals surface area (Å²) in [5.41, 5.74) is 4.18. The molecule has 2 N–H and O–H groups in total. The molecule has 2 aromatic rings. The summed E-state index contributed by atoms with van der Waals surface area (Å²) >= 11 is 0. The highest BCUT2D eigenvalue weighted by Gasteiger charge is 2.14. The van der Waals surface area contributed by atoms with E-state index >= 15 is 0 Å². The highest BCUT2D eigenvalue weighted by atomic mass is 16.5. The van der Waals surface area contributed by atoms with Crippen molar-refractivity contribution in [3.05, 3.63) is 47.0 Å². The number of carbonyl (C=O) groups is 1. The molecule has 6 nitrogen and oxygen atoms in total. The van der Waals surface area contributed by atoms with Crippen molar-refractivity contribution < 1.29 is 19.0 Å². The van der Waals surface area contributed by atoms with Crippen LogP contribution in [-0.2, 0) is 19.3 Å². The van der Waals surface area contributed by atoms with Crippen molar-refractivity contribution in [3.8, 4) is 17.2 Å². The van der Waals surface area contributed by atoms with Gasteiger partial charge in [0.2, 0.25) is 5.75 Å². The molecule has 0 unspecified atom stereocenters. The van der Waals surface area contributed by atoms with Crippen LogP contribution in [0.25, 0.3) is 0 Å². The zero-order chi connectivity index (χ0) is 20.5. The predicted molar refractivity (Wildman–Crippen MR) is 112 cm³/mol. The highest BCUT2D eigenvalue weighted by molar-refractivity contribution is 5.91. The number of benzene rings is 2. The van der Waals surface area contributed by atoms with Crippen molar-refractivity contribution in [3.63, 3.8) is 0 Å². The molecular formula is C22H30N2O4. The van der Waals surface area contributed by atoms with Crippen LogP contribution in [0.15, 0.2) is 30.3 Å². The Morgan fingerprint density at radius 1 is 0.929 bits per heavy atom. The van der Waals surface area contributed by atoms with E-state index in [4.69, 9.17) is 14.2 Å². The van der Waals surface area contributed by atoms with Crippen molar-refractivity contribution in [1.29, 1.82) is 0 Å². The van der Waals surface area contributed by atoms with Crippen LogP contribution in [0, 0.1) is 0 Å². The first-order valence-corrected chi connectivity index (χ1v) is 9.52. The number of methoxy groups -OCH3 is 3. The lowest BCUT2D eigenvalue weighted by Crippen LogP contribution is -2.31. The molecule has 0 atom stereocenters. The van der Waals surface area contributed by atoms with Crippen molar-refractivity contribution >= 4 is 11.7 Å². The second-order valence-electron chi connectivity index (χ2n) is 6.32. The van der Waals surface area contributed by atoms with Crippen LogP contribution in [0.4, 0.5) is 10.5 Å². The average Bonchev–Trinajstić information content (AvgIpc) is 2.72. The van der Waals surface area contributed by atoms with Gasteiger partial charge in [0.1, 0.15) is 0 Å². The molecule has 6 heteroatoms. The van der Waals surface area contributed by atoms with Gasteiger partial charge in [-0.15, -0.1) is 0 Å². The summed E-state index contributed by atoms with van der Waals surface area (Å²) in [4.78, 5) is 12.4. The normalized spacial score (nSPS) is 10.3. The molecule has 0 aliphatic heterocycles. The molecule has 2 rings (SSSR count). The fourth-order valence-electron chi connectivity index (χ4n) is 3.16. The minimum atomic E-state index is -0.206. The third-order valence-electron chi connectivity index (χ3n) is 4.66. The standard InChI is InChI=1S/C22H30N2O4/c1-6-16-9-8-10-17(7-2)20(16)24-22(25)23-12-11-15-13-18(26-3)21(28-5)19(14-15)27-4/h8-10,13-14H,6-7,11-12H2,1-5H3,(H2,23,24,25). The molecule has 0 spiro atoms. The zero-order valence-electron chi connectivity index (χ0n) is 17.3. The van der Waals surface area contributed by atoms with E-state index in [0.29, 0.717) is 30.2 Å². The fourth-order valence-corrected chi connectivity index (χ4v) is 3.16. The zero-order valence-corrected chi connectivity index (χ0v) is 17.3. The Bertz CT molecular complexity index is 758. The van der Waals surface area contributed by atoms with Gasteiger partial charge in [-0.2, -0.15) is 0 Å². The summed E-state index contributed by atoms with van der Waals surface area (Å²) in [5, 5.41) is 5.93. The fraction of sp³-hybridized carbons (Fsp3) is 0.409. The van der Waals surface area contributed by atoms with Crippen LogP contribution in [0.5, 0.6) is 17.2 Å². The number of para-hydroxylation sites is 1. The quantitative estimate of drug-likeness (QED) is 0.678. The lowest BCUT2D eigenvalue weighted by Gasteiger charge is -2.16. The first kappa shape index (κ1) is 21.4. The molecule has 2 aromatic carbocycles. The molecule has 152 valence electrons. The van der Waals surface area contributed by atoms with Crippen LogP contribution in [0.2, 0.25) is 0 Å². The maximum atomic E-state index is 12.4. The molecule has 0 saturated carbocycles. The predicted octanol–water partition coefficient (Wildman–Crippen LogP) is 4.20. The van der Waals surface area contributed by atoms with E-state index in [1.54, 1.807) is 21.3 Å². The molecular weight excluding hydrogens is 356 g/mol. The van der Waals surface area contributed by atoms with E-state index in [9.17, 15) is 4.79 Å². The Kier molecular flexibility index (Phi) is 7.99. The Balaban J connectivity index is 2.02. The summed E-state index contributed by atoms with van der Waals surface area (Å²) in [6, 6.07) is 9.70. The molecule has 0 saturated heterocycles. The molecule has 0 heterocycles. The largest absolute Gasteiger partial charge is 0.493 e. The van der Waals surface area contributed by atoms with Gasteiger partial charge in [-0.25, -0.2) is 4.79 Å². The van der Waals surface area contributed by atoms with Crippen molar-refractivity contribution in [2.45, 2.75) is 33.1 Å². The van der Waals surface area contributed by atoms with E-state index in [1.807, 2.05) is 30.3 Å². The lowest BCUT2D eigenvalue weighted by atomic mass is 10.0. The van der Waals surface area contributed by atoms with E-state index in [-0.39, 0.29) is 6.03 Å². The molecule has 0 aliphatic carbocycles. The number of hydrogen-bond donors (Lipinski definition) is 2. The number of rotatable bonds is 9. The first-order valence-electron chi connectivity index (χ1n) is 9.52. The number of hydrogen-bond acceptors (Lipinski definition) is 4. The minimum Gasteiger partial charge on any atom is -0.493 e. The van der Waals surface area contributed by atoms with Gasteiger partial charge in [-0.1, -0.05) is 32.0 Å². The number of urea groups is 1. The molecule has 0 fully saturated rings. The van der Waals surface area contributed by atoms with Gasteiger partial charge < -0.3 is 24.8 Å². The van der Waals surface area contributed by atoms with Gasteiger partial charge >= 0.3 is 6.03 Å². The number of aryl methyl sites for hydroxylation is 2. The number of amides is 2. The Morgan fingerprint density at radius 3 is 1.96 bits per heavy atom. The van der Waals surface area contributed by atoms with Gasteiger partial charge in [0.25, 0.3) is 0 Å². The minimum absolute atomic E-state index is 0.206. The molecule has 0 bridgehead atoms. The van der Waals surface area contributed by atoms with E-state index in [0.717, 1.165) is 35.2 Å². The SMILES string of the molecule is CCc1cccc(CC)c1NC(=O)NCCc1cc(OC)c(OC)c(OC)c1. The Morgan fingerprint density at radius 2 is 1.50 bits per heavy atom. The monoisotopic (exact) mass is 386 g/mol. The Labute approximate surface area is 167 Å². The van der Waals surface area contributed by atoms with Gasteiger partial charge in [-0.3, -0.25) is 0 Å². The van der Waals surface area contributed by atoms with Crippen molar-refractivity contribution in [2.24, 2.45) is 0 Å². The number of ether oxygens (including phenoxy) is 3. The van der Waals surface area contributed by atoms with E-state index < -0.39 is 0 Å². The average molecular weight is 386 g/mol. The van der Waals surface area contributed by atoms with Crippen LogP contribution >= 0.6 is 0 Å². The highest BCUT2D eigenvalue weighted by Crippen LogP contribution is 2.38. The van der Waals surface area contributed by atoms with Crippen molar-refractivity contribution in [2.75, 3.05) is 33.2 Å². The van der Waals surface area contributed by atoms with Crippen LogP contribution in [0.3, 0.4) is 0 Å². The van der Waals surface area contributed by atoms with Gasteiger partial charge in [-0.05, 0) is 48.1 Å². The summed E-state index contributed by atoms with van der Waals surface area (Å²) in [6.07, 6.45) is 2.38. The van der Waals surface area contributed by atoms with Crippen LogP contribution < -0.4 is 24.8 Å². The van der Waals surface area contributed by atoms with Crippen molar-refractivity contribution in [1.82, 2.24) is 5.32 Å². The van der Waals surface area contributed by atoms with Gasteiger partial charge in [0.05, 0.1) is 21.3 Å². The number of nitrogens with one attached hydrogen (secondary N) is 2. The first-order chi connectivity index (χ1) is 13.6. The lowest BCUT2D eigenvalue weighted by molar-refractivity contribution is 0.252. The summed E-state index contributed by atoms with van der Waals surface area (Å²) < 4.78 is 16.1. The smallest absolute Gasteiger partial charge is 0.319 e. The topological polar surface area (TPSA) is 68.8 Å². The third-order valence-corrected chi connectivity index (χ3v) is 4.66. The van der Waals surface area contributed by atoms with E-state index in [1.165, 1.54) is 0 Å². The third kappa shape index (κ3) is 5.09. The number of anilines is 1. The van der Waals surface area contributed by atoms with Crippen LogP contribution in [-0.4, -0.2) is 33.9 Å². The second-order valence-corrected chi connectivity index (χ2v) is 6.32.